The Morgan fingerprint density at radius 2 is 1.96 bits per heavy atom. The Morgan fingerprint density at radius 3 is 2.74 bits per heavy atom. The first-order valence-electron chi connectivity index (χ1n) is 7.47. The van der Waals surface area contributed by atoms with Crippen LogP contribution in [0.2, 0.25) is 0 Å². The average molecular weight is 309 g/mol. The normalized spacial score (nSPS) is 13.1. The summed E-state index contributed by atoms with van der Waals surface area (Å²) in [6.45, 7) is 1.37. The molecule has 3 aromatic rings. The van der Waals surface area contributed by atoms with Crippen LogP contribution in [0.3, 0.4) is 0 Å². The van der Waals surface area contributed by atoms with Crippen LogP contribution in [-0.4, -0.2) is 16.9 Å². The summed E-state index contributed by atoms with van der Waals surface area (Å²) in [4.78, 5) is 0. The highest BCUT2D eigenvalue weighted by Gasteiger charge is 2.19. The molecule has 0 saturated heterocycles. The zero-order valence-electron chi connectivity index (χ0n) is 12.7. The highest BCUT2D eigenvalue weighted by Crippen LogP contribution is 2.30. The average Bonchev–Trinajstić information content (AvgIpc) is 2.92. The predicted molar refractivity (Wildman–Crippen MR) is 86.1 cm³/mol. The lowest BCUT2D eigenvalue weighted by Gasteiger charge is -2.08. The van der Waals surface area contributed by atoms with Gasteiger partial charge in [-0.15, -0.1) is 0 Å². The Kier molecular flexibility index (Phi) is 3.35. The molecule has 1 N–H and O–H groups in total. The number of rotatable bonds is 2. The zero-order valence-corrected chi connectivity index (χ0v) is 12.7. The van der Waals surface area contributed by atoms with E-state index in [1.54, 1.807) is 7.11 Å². The fraction of sp³-hybridized carbons (Fsp3) is 0.167. The van der Waals surface area contributed by atoms with E-state index in [1.807, 2.05) is 41.2 Å². The monoisotopic (exact) mass is 309 g/mol. The van der Waals surface area contributed by atoms with Gasteiger partial charge in [-0.2, -0.15) is 5.10 Å². The van der Waals surface area contributed by atoms with Gasteiger partial charge in [0.2, 0.25) is 0 Å². The minimum Gasteiger partial charge on any atom is -0.497 e. The van der Waals surface area contributed by atoms with Gasteiger partial charge < -0.3 is 10.1 Å². The Bertz CT molecular complexity index is 855. The quantitative estimate of drug-likeness (QED) is 0.789. The molecule has 0 spiro atoms. The summed E-state index contributed by atoms with van der Waals surface area (Å²) in [5, 5.41) is 7.89. The third-order valence-electron chi connectivity index (χ3n) is 4.15. The number of ether oxygens (including phenoxy) is 1. The van der Waals surface area contributed by atoms with E-state index in [0.717, 1.165) is 33.8 Å². The molecule has 4 rings (SSSR count). The van der Waals surface area contributed by atoms with Crippen molar-refractivity contribution in [3.63, 3.8) is 0 Å². The van der Waals surface area contributed by atoms with Gasteiger partial charge in [-0.3, -0.25) is 0 Å². The first-order valence-corrected chi connectivity index (χ1v) is 7.47. The molecule has 0 bridgehead atoms. The molecule has 0 saturated carbocycles. The van der Waals surface area contributed by atoms with Crippen molar-refractivity contribution in [3.8, 4) is 22.6 Å². The molecule has 2 aromatic carbocycles. The first-order chi connectivity index (χ1) is 11.3. The van der Waals surface area contributed by atoms with Crippen molar-refractivity contribution in [2.24, 2.45) is 0 Å². The summed E-state index contributed by atoms with van der Waals surface area (Å²) in [5.41, 5.74) is 4.96. The Morgan fingerprint density at radius 1 is 1.13 bits per heavy atom. The van der Waals surface area contributed by atoms with Crippen molar-refractivity contribution >= 4 is 0 Å². The van der Waals surface area contributed by atoms with Gasteiger partial charge in [0.25, 0.3) is 0 Å². The topological polar surface area (TPSA) is 39.1 Å². The number of methoxy groups -OCH3 is 1. The van der Waals surface area contributed by atoms with Crippen molar-refractivity contribution in [1.82, 2.24) is 15.1 Å². The number of nitrogens with one attached hydrogen (secondary N) is 1. The summed E-state index contributed by atoms with van der Waals surface area (Å²) in [7, 11) is 1.65. The SMILES string of the molecule is COc1ccc(-c2cnn3c2CNCc2ccc(F)cc2-3)cc1. The van der Waals surface area contributed by atoms with Crippen molar-refractivity contribution < 1.29 is 9.13 Å². The zero-order chi connectivity index (χ0) is 15.8. The van der Waals surface area contributed by atoms with Gasteiger partial charge in [0.1, 0.15) is 11.6 Å². The lowest BCUT2D eigenvalue weighted by atomic mass is 10.1. The van der Waals surface area contributed by atoms with Crippen molar-refractivity contribution in [2.45, 2.75) is 13.1 Å². The Hall–Kier alpha value is -2.66. The highest BCUT2D eigenvalue weighted by atomic mass is 19.1. The van der Waals surface area contributed by atoms with Crippen LogP contribution >= 0.6 is 0 Å². The number of fused-ring (bicyclic) bond motifs is 3. The van der Waals surface area contributed by atoms with Gasteiger partial charge in [-0.1, -0.05) is 18.2 Å². The second-order valence-electron chi connectivity index (χ2n) is 5.52. The predicted octanol–water partition coefficient (Wildman–Crippen LogP) is 3.29. The summed E-state index contributed by atoms with van der Waals surface area (Å²) < 4.78 is 20.7. The molecular weight excluding hydrogens is 293 g/mol. The molecule has 1 aliphatic heterocycles. The van der Waals surface area contributed by atoms with Crippen LogP contribution in [0.15, 0.2) is 48.7 Å². The second-order valence-corrected chi connectivity index (χ2v) is 5.52. The molecule has 1 aliphatic rings. The molecule has 0 radical (unpaired) electrons. The molecule has 1 aromatic heterocycles. The van der Waals surface area contributed by atoms with Gasteiger partial charge in [0.05, 0.1) is 24.7 Å². The molecule has 116 valence electrons. The largest absolute Gasteiger partial charge is 0.497 e. The van der Waals surface area contributed by atoms with E-state index in [0.29, 0.717) is 13.1 Å². The van der Waals surface area contributed by atoms with E-state index in [4.69, 9.17) is 4.74 Å². The number of nitrogens with zero attached hydrogens (tertiary/aromatic N) is 2. The number of halogens is 1. The minimum atomic E-state index is -0.252. The van der Waals surface area contributed by atoms with Gasteiger partial charge >= 0.3 is 0 Å². The summed E-state index contributed by atoms with van der Waals surface area (Å²) in [6.07, 6.45) is 1.83. The highest BCUT2D eigenvalue weighted by molar-refractivity contribution is 5.67. The van der Waals surface area contributed by atoms with Crippen molar-refractivity contribution in [3.05, 3.63) is 65.7 Å². The maximum absolute atomic E-state index is 13.7. The van der Waals surface area contributed by atoms with E-state index >= 15 is 0 Å². The van der Waals surface area contributed by atoms with Crippen LogP contribution in [0.25, 0.3) is 16.8 Å². The van der Waals surface area contributed by atoms with Gasteiger partial charge in [0.15, 0.2) is 0 Å². The fourth-order valence-corrected chi connectivity index (χ4v) is 2.96. The fourth-order valence-electron chi connectivity index (χ4n) is 2.96. The maximum Gasteiger partial charge on any atom is 0.125 e. The van der Waals surface area contributed by atoms with Crippen LogP contribution < -0.4 is 10.1 Å². The van der Waals surface area contributed by atoms with Gasteiger partial charge in [0, 0.05) is 18.7 Å². The lowest BCUT2D eigenvalue weighted by Crippen LogP contribution is -2.11. The minimum absolute atomic E-state index is 0.252. The number of benzene rings is 2. The summed E-state index contributed by atoms with van der Waals surface area (Å²) >= 11 is 0. The molecule has 5 heteroatoms. The lowest BCUT2D eigenvalue weighted by molar-refractivity contribution is 0.415. The van der Waals surface area contributed by atoms with E-state index < -0.39 is 0 Å². The van der Waals surface area contributed by atoms with E-state index in [1.165, 1.54) is 12.1 Å². The standard InChI is InChI=1S/C18H16FN3O/c1-23-15-6-3-12(4-7-15)16-10-21-22-17-8-14(19)5-2-13(17)9-20-11-18(16)22/h2-8,10,20H,9,11H2,1H3. The van der Waals surface area contributed by atoms with E-state index in [2.05, 4.69) is 10.4 Å². The molecule has 0 atom stereocenters. The molecule has 0 unspecified atom stereocenters. The van der Waals surface area contributed by atoms with Gasteiger partial charge in [-0.05, 0) is 35.4 Å². The molecule has 0 fully saturated rings. The van der Waals surface area contributed by atoms with E-state index in [9.17, 15) is 4.39 Å². The van der Waals surface area contributed by atoms with Gasteiger partial charge in [-0.25, -0.2) is 9.07 Å². The third-order valence-corrected chi connectivity index (χ3v) is 4.15. The van der Waals surface area contributed by atoms with E-state index in [-0.39, 0.29) is 5.82 Å². The van der Waals surface area contributed by atoms with Crippen LogP contribution in [0, 0.1) is 5.82 Å². The molecule has 0 aliphatic carbocycles. The Balaban J connectivity index is 1.84. The van der Waals surface area contributed by atoms with Crippen molar-refractivity contribution in [2.75, 3.05) is 7.11 Å². The van der Waals surface area contributed by atoms with Crippen molar-refractivity contribution in [1.29, 1.82) is 0 Å². The smallest absolute Gasteiger partial charge is 0.125 e. The maximum atomic E-state index is 13.7. The van der Waals surface area contributed by atoms with Crippen LogP contribution in [0.1, 0.15) is 11.3 Å². The molecule has 2 heterocycles. The molecule has 4 nitrogen and oxygen atoms in total. The van der Waals surface area contributed by atoms with Crippen LogP contribution in [0.5, 0.6) is 5.75 Å². The molecule has 23 heavy (non-hydrogen) atoms. The second kappa shape index (κ2) is 5.52. The van der Waals surface area contributed by atoms with Crippen LogP contribution in [-0.2, 0) is 13.1 Å². The number of hydrogen-bond acceptors (Lipinski definition) is 3. The summed E-state index contributed by atoms with van der Waals surface area (Å²) in [6, 6.07) is 12.7. The number of hydrogen-bond donors (Lipinski definition) is 1. The number of aromatic nitrogens is 2. The Labute approximate surface area is 133 Å². The first kappa shape index (κ1) is 14.0. The molecular formula is C18H16FN3O. The third kappa shape index (κ3) is 2.39. The molecule has 0 amide bonds. The summed E-state index contributed by atoms with van der Waals surface area (Å²) in [5.74, 6) is 0.565. The van der Waals surface area contributed by atoms with Crippen LogP contribution in [0.4, 0.5) is 4.39 Å².